The van der Waals surface area contributed by atoms with Crippen molar-refractivity contribution in [3.63, 3.8) is 0 Å². The largest absolute Gasteiger partial charge is 0.480 e. The first-order chi connectivity index (χ1) is 8.58. The van der Waals surface area contributed by atoms with E-state index in [0.29, 0.717) is 17.4 Å². The van der Waals surface area contributed by atoms with E-state index in [0.717, 1.165) is 24.9 Å². The molecular formula is C13H15BrFNO2. The molecule has 0 radical (unpaired) electrons. The number of carbonyl (C=O) groups is 1. The standard InChI is InChI=1S/C13H15BrFNO2/c14-10-7-9(4-5-11(10)15)8-16-6-2-1-3-12(16)13(17)18/h4-5,7,12H,1-3,6,8H2,(H,17,18). The summed E-state index contributed by atoms with van der Waals surface area (Å²) in [6, 6.07) is 4.40. The minimum Gasteiger partial charge on any atom is -0.480 e. The van der Waals surface area contributed by atoms with E-state index in [1.165, 1.54) is 6.07 Å². The molecule has 1 unspecified atom stereocenters. The maximum absolute atomic E-state index is 13.1. The first-order valence-electron chi connectivity index (χ1n) is 5.98. The van der Waals surface area contributed by atoms with Gasteiger partial charge in [0, 0.05) is 6.54 Å². The Hall–Kier alpha value is -0.940. The lowest BCUT2D eigenvalue weighted by Crippen LogP contribution is -2.43. The predicted molar refractivity (Wildman–Crippen MR) is 69.8 cm³/mol. The summed E-state index contributed by atoms with van der Waals surface area (Å²) in [7, 11) is 0. The molecule has 1 heterocycles. The van der Waals surface area contributed by atoms with Crippen LogP contribution in [0.15, 0.2) is 22.7 Å². The molecule has 18 heavy (non-hydrogen) atoms. The van der Waals surface area contributed by atoms with Crippen LogP contribution in [0, 0.1) is 5.82 Å². The average molecular weight is 316 g/mol. The molecule has 5 heteroatoms. The van der Waals surface area contributed by atoms with Gasteiger partial charge in [0.05, 0.1) is 4.47 Å². The zero-order chi connectivity index (χ0) is 13.1. The van der Waals surface area contributed by atoms with Crippen LogP contribution in [0.25, 0.3) is 0 Å². The lowest BCUT2D eigenvalue weighted by Gasteiger charge is -2.32. The monoisotopic (exact) mass is 315 g/mol. The van der Waals surface area contributed by atoms with Crippen LogP contribution in [0.2, 0.25) is 0 Å². The molecule has 1 fully saturated rings. The summed E-state index contributed by atoms with van der Waals surface area (Å²) in [5.41, 5.74) is 0.927. The summed E-state index contributed by atoms with van der Waals surface area (Å²) in [5, 5.41) is 9.17. The number of hydrogen-bond donors (Lipinski definition) is 1. The Morgan fingerprint density at radius 3 is 2.94 bits per heavy atom. The quantitative estimate of drug-likeness (QED) is 0.932. The highest BCUT2D eigenvalue weighted by molar-refractivity contribution is 9.10. The number of hydrogen-bond acceptors (Lipinski definition) is 2. The Labute approximate surface area is 114 Å². The minimum absolute atomic E-state index is 0.299. The second-order valence-corrected chi connectivity index (χ2v) is 5.42. The van der Waals surface area contributed by atoms with Crippen molar-refractivity contribution in [3.05, 3.63) is 34.1 Å². The summed E-state index contributed by atoms with van der Waals surface area (Å²) in [5.74, 6) is -1.07. The van der Waals surface area contributed by atoms with Crippen LogP contribution < -0.4 is 0 Å². The van der Waals surface area contributed by atoms with E-state index in [2.05, 4.69) is 15.9 Å². The van der Waals surface area contributed by atoms with E-state index < -0.39 is 12.0 Å². The molecule has 1 aromatic carbocycles. The second kappa shape index (κ2) is 5.80. The number of aliphatic carboxylic acids is 1. The third kappa shape index (κ3) is 3.09. The van der Waals surface area contributed by atoms with Crippen molar-refractivity contribution in [1.82, 2.24) is 4.90 Å². The maximum atomic E-state index is 13.1. The highest BCUT2D eigenvalue weighted by atomic mass is 79.9. The van der Waals surface area contributed by atoms with Crippen LogP contribution in [-0.2, 0) is 11.3 Å². The van der Waals surface area contributed by atoms with Crippen molar-refractivity contribution >= 4 is 21.9 Å². The third-order valence-electron chi connectivity index (χ3n) is 3.27. The molecular weight excluding hydrogens is 301 g/mol. The molecule has 1 aromatic rings. The van der Waals surface area contributed by atoms with Crippen LogP contribution in [-0.4, -0.2) is 28.6 Å². The second-order valence-electron chi connectivity index (χ2n) is 4.57. The number of piperidine rings is 1. The van der Waals surface area contributed by atoms with Crippen molar-refractivity contribution in [1.29, 1.82) is 0 Å². The topological polar surface area (TPSA) is 40.5 Å². The normalized spacial score (nSPS) is 20.9. The summed E-state index contributed by atoms with van der Waals surface area (Å²) in [6.45, 7) is 1.34. The van der Waals surface area contributed by atoms with Gasteiger partial charge >= 0.3 is 5.97 Å². The van der Waals surface area contributed by atoms with Gasteiger partial charge in [0.15, 0.2) is 0 Å². The van der Waals surface area contributed by atoms with Crippen molar-refractivity contribution in [3.8, 4) is 0 Å². The van der Waals surface area contributed by atoms with E-state index in [4.69, 9.17) is 0 Å². The Morgan fingerprint density at radius 2 is 2.28 bits per heavy atom. The first-order valence-corrected chi connectivity index (χ1v) is 6.78. The first kappa shape index (κ1) is 13.5. The van der Waals surface area contributed by atoms with Gasteiger partial charge in [-0.2, -0.15) is 0 Å². The van der Waals surface area contributed by atoms with Gasteiger partial charge in [0.25, 0.3) is 0 Å². The number of carboxylic acid groups (broad SMARTS) is 1. The lowest BCUT2D eigenvalue weighted by atomic mass is 10.0. The van der Waals surface area contributed by atoms with Crippen molar-refractivity contribution < 1.29 is 14.3 Å². The lowest BCUT2D eigenvalue weighted by molar-refractivity contribution is -0.144. The molecule has 98 valence electrons. The fourth-order valence-corrected chi connectivity index (χ4v) is 2.76. The van der Waals surface area contributed by atoms with Gasteiger partial charge in [-0.05, 0) is 53.0 Å². The van der Waals surface area contributed by atoms with Gasteiger partial charge in [0.1, 0.15) is 11.9 Å². The SMILES string of the molecule is O=C(O)C1CCCCN1Cc1ccc(F)c(Br)c1. The summed E-state index contributed by atoms with van der Waals surface area (Å²) in [6.07, 6.45) is 2.67. The van der Waals surface area contributed by atoms with E-state index in [1.807, 2.05) is 4.90 Å². The van der Waals surface area contributed by atoms with Crippen LogP contribution in [0.3, 0.4) is 0 Å². The summed E-state index contributed by atoms with van der Waals surface area (Å²) in [4.78, 5) is 13.1. The summed E-state index contributed by atoms with van der Waals surface area (Å²) < 4.78 is 13.5. The van der Waals surface area contributed by atoms with Gasteiger partial charge in [-0.25, -0.2) is 4.39 Å². The number of carboxylic acids is 1. The molecule has 0 amide bonds. The number of rotatable bonds is 3. The van der Waals surface area contributed by atoms with Gasteiger partial charge in [-0.15, -0.1) is 0 Å². The van der Waals surface area contributed by atoms with Crippen molar-refractivity contribution in [2.24, 2.45) is 0 Å². The molecule has 1 N–H and O–H groups in total. The molecule has 1 aliphatic heterocycles. The van der Waals surface area contributed by atoms with E-state index >= 15 is 0 Å². The zero-order valence-corrected chi connectivity index (χ0v) is 11.5. The van der Waals surface area contributed by atoms with Crippen LogP contribution >= 0.6 is 15.9 Å². The Morgan fingerprint density at radius 1 is 1.50 bits per heavy atom. The number of nitrogens with zero attached hydrogens (tertiary/aromatic N) is 1. The smallest absolute Gasteiger partial charge is 0.320 e. The highest BCUT2D eigenvalue weighted by Gasteiger charge is 2.28. The summed E-state index contributed by atoms with van der Waals surface area (Å²) >= 11 is 3.15. The van der Waals surface area contributed by atoms with Crippen molar-refractivity contribution in [2.45, 2.75) is 31.8 Å². The number of halogens is 2. The average Bonchev–Trinajstić information content (AvgIpc) is 2.34. The molecule has 1 saturated heterocycles. The van der Waals surface area contributed by atoms with E-state index in [-0.39, 0.29) is 5.82 Å². The van der Waals surface area contributed by atoms with Crippen molar-refractivity contribution in [2.75, 3.05) is 6.54 Å². The van der Waals surface area contributed by atoms with Gasteiger partial charge in [0.2, 0.25) is 0 Å². The van der Waals surface area contributed by atoms with Crippen LogP contribution in [0.1, 0.15) is 24.8 Å². The molecule has 1 atom stereocenters. The number of likely N-dealkylation sites (tertiary alicyclic amines) is 1. The van der Waals surface area contributed by atoms with E-state index in [1.54, 1.807) is 12.1 Å². The number of benzene rings is 1. The molecule has 0 saturated carbocycles. The van der Waals surface area contributed by atoms with E-state index in [9.17, 15) is 14.3 Å². The fraction of sp³-hybridized carbons (Fsp3) is 0.462. The van der Waals surface area contributed by atoms with Crippen LogP contribution in [0.4, 0.5) is 4.39 Å². The molecule has 1 aliphatic rings. The van der Waals surface area contributed by atoms with Crippen LogP contribution in [0.5, 0.6) is 0 Å². The predicted octanol–water partition coefficient (Wildman–Crippen LogP) is 3.03. The van der Waals surface area contributed by atoms with Gasteiger partial charge in [-0.1, -0.05) is 12.5 Å². The molecule has 3 nitrogen and oxygen atoms in total. The molecule has 0 spiro atoms. The molecule has 0 bridgehead atoms. The Balaban J connectivity index is 2.10. The van der Waals surface area contributed by atoms with Gasteiger partial charge < -0.3 is 5.11 Å². The molecule has 0 aromatic heterocycles. The van der Waals surface area contributed by atoms with Gasteiger partial charge in [-0.3, -0.25) is 9.69 Å². The third-order valence-corrected chi connectivity index (χ3v) is 3.88. The minimum atomic E-state index is -0.768. The zero-order valence-electron chi connectivity index (χ0n) is 9.90. The Bertz CT molecular complexity index is 453. The maximum Gasteiger partial charge on any atom is 0.320 e. The molecule has 0 aliphatic carbocycles. The Kier molecular flexibility index (Phi) is 4.35. The fourth-order valence-electron chi connectivity index (χ4n) is 2.33. The highest BCUT2D eigenvalue weighted by Crippen LogP contribution is 2.22. The molecule has 2 rings (SSSR count).